The molecule has 0 spiro atoms. The van der Waals surface area contributed by atoms with Gasteiger partial charge in [-0.2, -0.15) is 0 Å². The second-order valence-electron chi connectivity index (χ2n) is 13.3. The van der Waals surface area contributed by atoms with Gasteiger partial charge in [-0.05, 0) is 72.3 Å². The standard InChI is InChI=1S/C34H36Cl6O8/c1-13(2)17-7-15(5)19(17)11-45-31(41)25-27(39)21(35)9-23(37)29(25)47-33(43)34(44)48-30-24(38)10-22(36)28(40)26(30)32(42)46-12-20-16(6)8-18(20)14(3)4/h9-10,13-20H,7-8,11-12H2,1-6H3. The minimum Gasteiger partial charge on any atom is -0.462 e. The predicted octanol–water partition coefficient (Wildman–Crippen LogP) is 10.3. The van der Waals surface area contributed by atoms with Crippen LogP contribution in [0.1, 0.15) is 75.1 Å². The molecule has 262 valence electrons. The van der Waals surface area contributed by atoms with Crippen molar-refractivity contribution in [2.45, 2.75) is 54.4 Å². The molecule has 8 nitrogen and oxygen atoms in total. The van der Waals surface area contributed by atoms with Gasteiger partial charge in [0.05, 0.1) is 43.3 Å². The maximum absolute atomic E-state index is 13.3. The van der Waals surface area contributed by atoms with E-state index in [1.54, 1.807) is 0 Å². The lowest BCUT2D eigenvalue weighted by atomic mass is 9.62. The number of rotatable bonds is 10. The zero-order valence-electron chi connectivity index (χ0n) is 27.1. The van der Waals surface area contributed by atoms with E-state index in [1.165, 1.54) is 0 Å². The SMILES string of the molecule is CC(C)C1CC(C)C1COC(=O)c1c(Cl)c(Cl)cc(Cl)c1OC(=O)C(=O)Oc1c(Cl)cc(Cl)c(Cl)c1C(=O)OCC1C(C)CC1C(C)C. The third-order valence-electron chi connectivity index (χ3n) is 9.59. The predicted molar refractivity (Wildman–Crippen MR) is 186 cm³/mol. The first-order chi connectivity index (χ1) is 22.4. The average Bonchev–Trinajstić information content (AvgIpc) is 2.99. The summed E-state index contributed by atoms with van der Waals surface area (Å²) >= 11 is 37.6. The number of halogens is 6. The molecule has 2 aliphatic rings. The number of carbonyl (C=O) groups excluding carboxylic acids is 4. The van der Waals surface area contributed by atoms with Crippen LogP contribution in [0.2, 0.25) is 30.1 Å². The fourth-order valence-corrected chi connectivity index (χ4v) is 8.04. The first-order valence-electron chi connectivity index (χ1n) is 15.6. The molecule has 2 aromatic rings. The molecular formula is C34H36Cl6O8. The van der Waals surface area contributed by atoms with Gasteiger partial charge in [-0.3, -0.25) is 0 Å². The Morgan fingerprint density at radius 1 is 0.625 bits per heavy atom. The summed E-state index contributed by atoms with van der Waals surface area (Å²) in [4.78, 5) is 52.7. The maximum atomic E-state index is 13.3. The minimum absolute atomic E-state index is 0.0885. The van der Waals surface area contributed by atoms with Crippen LogP contribution < -0.4 is 9.47 Å². The number of benzene rings is 2. The Balaban J connectivity index is 1.54. The number of ether oxygens (including phenoxy) is 4. The summed E-state index contributed by atoms with van der Waals surface area (Å²) in [5.41, 5.74) is -0.907. The van der Waals surface area contributed by atoms with Gasteiger partial charge < -0.3 is 18.9 Å². The van der Waals surface area contributed by atoms with Crippen LogP contribution in [0.4, 0.5) is 0 Å². The van der Waals surface area contributed by atoms with Gasteiger partial charge in [0.25, 0.3) is 0 Å². The molecule has 0 heterocycles. The second kappa shape index (κ2) is 15.9. The molecule has 0 aliphatic heterocycles. The highest BCUT2D eigenvalue weighted by Crippen LogP contribution is 2.47. The number of esters is 4. The van der Waals surface area contributed by atoms with Crippen molar-refractivity contribution in [3.63, 3.8) is 0 Å². The Hall–Kier alpha value is -1.94. The van der Waals surface area contributed by atoms with Crippen LogP contribution in [0.25, 0.3) is 0 Å². The molecule has 0 saturated heterocycles. The number of hydrogen-bond donors (Lipinski definition) is 0. The molecule has 2 fully saturated rings. The Kier molecular flexibility index (Phi) is 12.9. The zero-order chi connectivity index (χ0) is 35.8. The van der Waals surface area contributed by atoms with Gasteiger partial charge in [0.2, 0.25) is 0 Å². The molecule has 2 aliphatic carbocycles. The lowest BCUT2D eigenvalue weighted by molar-refractivity contribution is -0.156. The summed E-state index contributed by atoms with van der Waals surface area (Å²) in [6.07, 6.45) is 2.02. The summed E-state index contributed by atoms with van der Waals surface area (Å²) in [5.74, 6) is -3.90. The van der Waals surface area contributed by atoms with Crippen LogP contribution in [-0.2, 0) is 19.1 Å². The van der Waals surface area contributed by atoms with E-state index in [1.807, 2.05) is 0 Å². The quantitative estimate of drug-likeness (QED) is 0.101. The van der Waals surface area contributed by atoms with Crippen LogP contribution in [0.3, 0.4) is 0 Å². The highest BCUT2D eigenvalue weighted by Gasteiger charge is 2.42. The third-order valence-corrected chi connectivity index (χ3v) is 11.7. The van der Waals surface area contributed by atoms with E-state index >= 15 is 0 Å². The van der Waals surface area contributed by atoms with Crippen LogP contribution in [0.5, 0.6) is 11.5 Å². The van der Waals surface area contributed by atoms with Crippen LogP contribution in [0.15, 0.2) is 12.1 Å². The van der Waals surface area contributed by atoms with Crippen molar-refractivity contribution in [3.8, 4) is 11.5 Å². The van der Waals surface area contributed by atoms with Crippen molar-refractivity contribution in [2.75, 3.05) is 13.2 Å². The van der Waals surface area contributed by atoms with E-state index in [-0.39, 0.29) is 55.2 Å². The molecule has 14 heteroatoms. The van der Waals surface area contributed by atoms with E-state index in [0.29, 0.717) is 35.5 Å². The smallest absolute Gasteiger partial charge is 0.423 e. The summed E-state index contributed by atoms with van der Waals surface area (Å²) in [6, 6.07) is 2.27. The summed E-state index contributed by atoms with van der Waals surface area (Å²) in [7, 11) is 0. The molecule has 6 atom stereocenters. The summed E-state index contributed by atoms with van der Waals surface area (Å²) in [6.45, 7) is 12.7. The second-order valence-corrected chi connectivity index (χ2v) is 15.6. The van der Waals surface area contributed by atoms with E-state index in [2.05, 4.69) is 41.5 Å². The third kappa shape index (κ3) is 8.16. The fraction of sp³-hybridized carbons (Fsp3) is 0.529. The average molecular weight is 785 g/mol. The van der Waals surface area contributed by atoms with E-state index in [4.69, 9.17) is 88.6 Å². The monoisotopic (exact) mass is 782 g/mol. The van der Waals surface area contributed by atoms with Crippen molar-refractivity contribution >= 4 is 93.5 Å². The van der Waals surface area contributed by atoms with Gasteiger partial charge in [0.1, 0.15) is 11.1 Å². The molecular weight excluding hydrogens is 749 g/mol. The number of carbonyl (C=O) groups is 4. The van der Waals surface area contributed by atoms with Crippen molar-refractivity contribution in [1.82, 2.24) is 0 Å². The molecule has 0 amide bonds. The lowest BCUT2D eigenvalue weighted by Crippen LogP contribution is -2.41. The van der Waals surface area contributed by atoms with E-state index in [9.17, 15) is 19.2 Å². The Labute approximate surface area is 309 Å². The van der Waals surface area contributed by atoms with Crippen molar-refractivity contribution in [2.24, 2.45) is 47.3 Å². The lowest BCUT2D eigenvalue weighted by Gasteiger charge is -2.45. The van der Waals surface area contributed by atoms with Gasteiger partial charge in [-0.1, -0.05) is 111 Å². The highest BCUT2D eigenvalue weighted by atomic mass is 35.5. The molecule has 0 N–H and O–H groups in total. The first-order valence-corrected chi connectivity index (χ1v) is 17.8. The van der Waals surface area contributed by atoms with Gasteiger partial charge >= 0.3 is 23.9 Å². The fourth-order valence-electron chi connectivity index (χ4n) is 6.60. The topological polar surface area (TPSA) is 105 Å². The first kappa shape index (κ1) is 38.9. The van der Waals surface area contributed by atoms with Crippen molar-refractivity contribution < 1.29 is 38.1 Å². The minimum atomic E-state index is -1.64. The largest absolute Gasteiger partial charge is 0.462 e. The molecule has 48 heavy (non-hydrogen) atoms. The zero-order valence-corrected chi connectivity index (χ0v) is 31.7. The molecule has 2 saturated carbocycles. The summed E-state index contributed by atoms with van der Waals surface area (Å²) in [5, 5.41) is -1.46. The van der Waals surface area contributed by atoms with Gasteiger partial charge in [-0.15, -0.1) is 0 Å². The van der Waals surface area contributed by atoms with Crippen LogP contribution in [0, 0.1) is 47.3 Å². The van der Waals surface area contributed by atoms with Crippen LogP contribution in [-0.4, -0.2) is 37.1 Å². The molecule has 4 rings (SSSR count). The van der Waals surface area contributed by atoms with Crippen LogP contribution >= 0.6 is 69.6 Å². The van der Waals surface area contributed by atoms with E-state index in [0.717, 1.165) is 25.0 Å². The molecule has 6 unspecified atom stereocenters. The van der Waals surface area contributed by atoms with Gasteiger partial charge in [0.15, 0.2) is 11.5 Å². The Bertz CT molecular complexity index is 1490. The number of hydrogen-bond acceptors (Lipinski definition) is 8. The van der Waals surface area contributed by atoms with Crippen molar-refractivity contribution in [1.29, 1.82) is 0 Å². The molecule has 0 bridgehead atoms. The molecule has 2 aromatic carbocycles. The highest BCUT2D eigenvalue weighted by molar-refractivity contribution is 6.47. The van der Waals surface area contributed by atoms with Gasteiger partial charge in [-0.25, -0.2) is 19.2 Å². The van der Waals surface area contributed by atoms with E-state index < -0.39 is 46.5 Å². The molecule has 0 radical (unpaired) electrons. The summed E-state index contributed by atoms with van der Waals surface area (Å²) < 4.78 is 21.6. The Morgan fingerprint density at radius 2 is 0.958 bits per heavy atom. The van der Waals surface area contributed by atoms with Crippen molar-refractivity contribution in [3.05, 3.63) is 53.4 Å². The Morgan fingerprint density at radius 3 is 1.25 bits per heavy atom. The normalized spacial score (nSPS) is 23.3. The molecule has 0 aromatic heterocycles. The maximum Gasteiger partial charge on any atom is 0.423 e. The van der Waals surface area contributed by atoms with Gasteiger partial charge in [0, 0.05) is 0 Å².